The normalized spacial score (nSPS) is 17.5. The van der Waals surface area contributed by atoms with Crippen LogP contribution in [0.3, 0.4) is 0 Å². The molecule has 130 valence electrons. The maximum absolute atomic E-state index is 5.81. The zero-order valence-corrected chi connectivity index (χ0v) is 14.1. The van der Waals surface area contributed by atoms with Gasteiger partial charge in [-0.25, -0.2) is 0 Å². The van der Waals surface area contributed by atoms with Crippen molar-refractivity contribution in [2.45, 2.75) is 32.2 Å². The van der Waals surface area contributed by atoms with Crippen molar-refractivity contribution in [2.75, 3.05) is 13.2 Å². The van der Waals surface area contributed by atoms with Gasteiger partial charge in [-0.1, -0.05) is 6.07 Å². The molecule has 1 aliphatic rings. The third-order valence-electron chi connectivity index (χ3n) is 4.48. The van der Waals surface area contributed by atoms with E-state index in [1.54, 1.807) is 12.5 Å². The van der Waals surface area contributed by atoms with Crippen LogP contribution in [0, 0.1) is 0 Å². The molecule has 0 aliphatic carbocycles. The van der Waals surface area contributed by atoms with Crippen LogP contribution in [0.4, 0.5) is 0 Å². The fourth-order valence-corrected chi connectivity index (χ4v) is 3.30. The van der Waals surface area contributed by atoms with Gasteiger partial charge in [0, 0.05) is 32.1 Å². The standard InChI is InChI=1S/C19H22N4O2/c1-2-8-20-16(4-1)15-24-11-7-18-13-22(14-19-5-3-10-25-19)12-17-6-9-21-23(17)18/h1-6,8-10,18H,7,11-15H2/t18-/m1/s1. The fraction of sp³-hybridized carbons (Fsp3) is 0.368. The summed E-state index contributed by atoms with van der Waals surface area (Å²) in [6.45, 7) is 3.91. The highest BCUT2D eigenvalue weighted by Gasteiger charge is 2.25. The van der Waals surface area contributed by atoms with Crippen LogP contribution in [0.5, 0.6) is 0 Å². The monoisotopic (exact) mass is 338 g/mol. The molecule has 4 heterocycles. The van der Waals surface area contributed by atoms with Crippen LogP contribution in [-0.2, 0) is 24.4 Å². The second-order valence-electron chi connectivity index (χ2n) is 6.33. The van der Waals surface area contributed by atoms with Gasteiger partial charge in [-0.15, -0.1) is 0 Å². The Hall–Kier alpha value is -2.44. The Morgan fingerprint density at radius 2 is 2.16 bits per heavy atom. The predicted octanol–water partition coefficient (Wildman–Crippen LogP) is 3.03. The molecule has 0 spiro atoms. The number of pyridine rings is 1. The van der Waals surface area contributed by atoms with E-state index in [2.05, 4.69) is 25.7 Å². The minimum absolute atomic E-state index is 0.317. The third-order valence-corrected chi connectivity index (χ3v) is 4.48. The van der Waals surface area contributed by atoms with Gasteiger partial charge in [0.25, 0.3) is 0 Å². The summed E-state index contributed by atoms with van der Waals surface area (Å²) >= 11 is 0. The lowest BCUT2D eigenvalue weighted by atomic mass is 10.1. The van der Waals surface area contributed by atoms with Crippen molar-refractivity contribution in [1.82, 2.24) is 19.7 Å². The molecule has 3 aromatic rings. The maximum atomic E-state index is 5.81. The molecule has 0 radical (unpaired) electrons. The van der Waals surface area contributed by atoms with E-state index in [1.165, 1.54) is 5.69 Å². The summed E-state index contributed by atoms with van der Waals surface area (Å²) in [6, 6.07) is 12.3. The molecule has 0 N–H and O–H groups in total. The lowest BCUT2D eigenvalue weighted by molar-refractivity contribution is 0.0841. The van der Waals surface area contributed by atoms with Gasteiger partial charge in [-0.05, 0) is 36.8 Å². The second kappa shape index (κ2) is 7.63. The Morgan fingerprint density at radius 3 is 3.00 bits per heavy atom. The van der Waals surface area contributed by atoms with Crippen molar-refractivity contribution in [3.8, 4) is 0 Å². The van der Waals surface area contributed by atoms with E-state index in [4.69, 9.17) is 9.15 Å². The fourth-order valence-electron chi connectivity index (χ4n) is 3.30. The average Bonchev–Trinajstić information content (AvgIpc) is 3.31. The number of rotatable bonds is 7. The number of hydrogen-bond acceptors (Lipinski definition) is 5. The zero-order chi connectivity index (χ0) is 16.9. The van der Waals surface area contributed by atoms with E-state index in [9.17, 15) is 0 Å². The van der Waals surface area contributed by atoms with Crippen LogP contribution in [0.15, 0.2) is 59.5 Å². The highest BCUT2D eigenvalue weighted by molar-refractivity contribution is 5.07. The number of hydrogen-bond donors (Lipinski definition) is 0. The van der Waals surface area contributed by atoms with E-state index in [-0.39, 0.29) is 0 Å². The maximum Gasteiger partial charge on any atom is 0.117 e. The Morgan fingerprint density at radius 1 is 1.16 bits per heavy atom. The molecular formula is C19H22N4O2. The van der Waals surface area contributed by atoms with Crippen LogP contribution in [0.2, 0.25) is 0 Å². The molecule has 0 unspecified atom stereocenters. The molecule has 0 saturated heterocycles. The van der Waals surface area contributed by atoms with E-state index in [0.717, 1.165) is 37.5 Å². The van der Waals surface area contributed by atoms with E-state index < -0.39 is 0 Å². The van der Waals surface area contributed by atoms with Crippen molar-refractivity contribution < 1.29 is 9.15 Å². The first-order valence-electron chi connectivity index (χ1n) is 8.63. The molecule has 6 heteroatoms. The Kier molecular flexibility index (Phi) is 4.90. The van der Waals surface area contributed by atoms with Crippen LogP contribution >= 0.6 is 0 Å². The van der Waals surface area contributed by atoms with Crippen molar-refractivity contribution >= 4 is 0 Å². The van der Waals surface area contributed by atoms with Gasteiger partial charge in [0.1, 0.15) is 5.76 Å². The lowest BCUT2D eigenvalue weighted by Crippen LogP contribution is -2.37. The van der Waals surface area contributed by atoms with Gasteiger partial charge in [-0.2, -0.15) is 5.10 Å². The smallest absolute Gasteiger partial charge is 0.117 e. The summed E-state index contributed by atoms with van der Waals surface area (Å²) in [5.74, 6) is 0.998. The van der Waals surface area contributed by atoms with Gasteiger partial charge < -0.3 is 9.15 Å². The molecule has 0 amide bonds. The van der Waals surface area contributed by atoms with E-state index in [1.807, 2.05) is 36.5 Å². The molecule has 0 fully saturated rings. The quantitative estimate of drug-likeness (QED) is 0.620. The Labute approximate surface area is 147 Å². The molecule has 25 heavy (non-hydrogen) atoms. The number of fused-ring (bicyclic) bond motifs is 1. The lowest BCUT2D eigenvalue weighted by Gasteiger charge is -2.33. The van der Waals surface area contributed by atoms with Crippen molar-refractivity contribution in [3.05, 3.63) is 72.2 Å². The number of nitrogens with zero attached hydrogens (tertiary/aromatic N) is 4. The topological polar surface area (TPSA) is 56.3 Å². The number of furan rings is 1. The van der Waals surface area contributed by atoms with Gasteiger partial charge >= 0.3 is 0 Å². The van der Waals surface area contributed by atoms with E-state index >= 15 is 0 Å². The summed E-state index contributed by atoms with van der Waals surface area (Å²) in [6.07, 6.45) is 6.33. The summed E-state index contributed by atoms with van der Waals surface area (Å²) in [4.78, 5) is 6.69. The van der Waals surface area contributed by atoms with Crippen LogP contribution < -0.4 is 0 Å². The van der Waals surface area contributed by atoms with Gasteiger partial charge in [0.15, 0.2) is 0 Å². The highest BCUT2D eigenvalue weighted by Crippen LogP contribution is 2.24. The average molecular weight is 338 g/mol. The minimum atomic E-state index is 0.317. The molecule has 0 bridgehead atoms. The highest BCUT2D eigenvalue weighted by atomic mass is 16.5. The molecule has 6 nitrogen and oxygen atoms in total. The van der Waals surface area contributed by atoms with Crippen LogP contribution in [-0.4, -0.2) is 32.8 Å². The first kappa shape index (κ1) is 16.1. The molecule has 3 aromatic heterocycles. The van der Waals surface area contributed by atoms with Gasteiger partial charge in [-0.3, -0.25) is 14.6 Å². The Bertz CT molecular complexity index is 770. The molecule has 1 aliphatic heterocycles. The minimum Gasteiger partial charge on any atom is -0.468 e. The van der Waals surface area contributed by atoms with Crippen LogP contribution in [0.1, 0.15) is 29.6 Å². The third kappa shape index (κ3) is 3.97. The van der Waals surface area contributed by atoms with Crippen molar-refractivity contribution in [2.24, 2.45) is 0 Å². The second-order valence-corrected chi connectivity index (χ2v) is 6.33. The molecular weight excluding hydrogens is 316 g/mol. The molecule has 0 aromatic carbocycles. The van der Waals surface area contributed by atoms with Gasteiger partial charge in [0.05, 0.1) is 36.8 Å². The largest absolute Gasteiger partial charge is 0.468 e. The van der Waals surface area contributed by atoms with Crippen LogP contribution in [0.25, 0.3) is 0 Å². The summed E-state index contributed by atoms with van der Waals surface area (Å²) in [5, 5.41) is 4.51. The first-order valence-corrected chi connectivity index (χ1v) is 8.63. The SMILES string of the molecule is c1ccc(COCC[C@@H]2CN(Cc3ccco3)Cc3ccnn32)nc1. The zero-order valence-electron chi connectivity index (χ0n) is 14.1. The van der Waals surface area contributed by atoms with E-state index in [0.29, 0.717) is 19.3 Å². The number of aromatic nitrogens is 3. The molecule has 1 atom stereocenters. The summed E-state index contributed by atoms with van der Waals surface area (Å²) in [5.41, 5.74) is 2.21. The van der Waals surface area contributed by atoms with Crippen molar-refractivity contribution in [1.29, 1.82) is 0 Å². The summed E-state index contributed by atoms with van der Waals surface area (Å²) in [7, 11) is 0. The Balaban J connectivity index is 1.33. The van der Waals surface area contributed by atoms with Crippen molar-refractivity contribution in [3.63, 3.8) is 0 Å². The number of ether oxygens (including phenoxy) is 1. The predicted molar refractivity (Wildman–Crippen MR) is 92.6 cm³/mol. The molecule has 0 saturated carbocycles. The first-order chi connectivity index (χ1) is 12.4. The molecule has 4 rings (SSSR count). The van der Waals surface area contributed by atoms with Gasteiger partial charge in [0.2, 0.25) is 0 Å². The summed E-state index contributed by atoms with van der Waals surface area (Å²) < 4.78 is 13.4.